The molecule has 0 aromatic carbocycles. The van der Waals surface area contributed by atoms with Gasteiger partial charge in [-0.1, -0.05) is 6.58 Å². The van der Waals surface area contributed by atoms with Gasteiger partial charge in [-0.3, -0.25) is 9.59 Å². The maximum Gasteiger partial charge on any atom is 0.267 e. The maximum atomic E-state index is 13.7. The van der Waals surface area contributed by atoms with Crippen molar-refractivity contribution in [2.45, 2.75) is 32.2 Å². The first-order chi connectivity index (χ1) is 12.2. The smallest absolute Gasteiger partial charge is 0.267 e. The largest absolute Gasteiger partial charge is 0.350 e. The number of hydrogen-bond acceptors (Lipinski definition) is 4. The standard InChI is InChI=1S/C17H19F2N5O2/c1-4-14(25)23-9-17(18,19)7-12(23)8-20-16(26)15-10(2)22-13-5-6-21-24(13)11(15)3/h4-6,12H,1,7-9H2,2-3H3,(H,20,26)/t12-/m0/s1. The van der Waals surface area contributed by atoms with E-state index in [-0.39, 0.29) is 6.54 Å². The molecule has 1 aliphatic heterocycles. The highest BCUT2D eigenvalue weighted by molar-refractivity contribution is 5.96. The fourth-order valence-corrected chi connectivity index (χ4v) is 3.32. The third kappa shape index (κ3) is 3.16. The predicted octanol–water partition coefficient (Wildman–Crippen LogP) is 1.50. The van der Waals surface area contributed by atoms with Crippen LogP contribution in [0.5, 0.6) is 0 Å². The molecule has 0 saturated carbocycles. The van der Waals surface area contributed by atoms with Gasteiger partial charge in [0.2, 0.25) is 5.91 Å². The van der Waals surface area contributed by atoms with E-state index in [1.165, 1.54) is 0 Å². The molecule has 0 bridgehead atoms. The number of alkyl halides is 2. The molecule has 1 fully saturated rings. The van der Waals surface area contributed by atoms with E-state index < -0.39 is 36.7 Å². The van der Waals surface area contributed by atoms with Crippen LogP contribution in [0.4, 0.5) is 8.78 Å². The van der Waals surface area contributed by atoms with Gasteiger partial charge in [-0.05, 0) is 19.9 Å². The first-order valence-electron chi connectivity index (χ1n) is 8.13. The third-order valence-corrected chi connectivity index (χ3v) is 4.51. The molecule has 2 amide bonds. The monoisotopic (exact) mass is 363 g/mol. The summed E-state index contributed by atoms with van der Waals surface area (Å²) in [7, 11) is 0. The van der Waals surface area contributed by atoms with Crippen molar-refractivity contribution >= 4 is 17.5 Å². The Balaban J connectivity index is 1.78. The van der Waals surface area contributed by atoms with Crippen molar-refractivity contribution in [2.75, 3.05) is 13.1 Å². The van der Waals surface area contributed by atoms with Crippen molar-refractivity contribution in [1.29, 1.82) is 0 Å². The molecule has 0 aliphatic carbocycles. The minimum Gasteiger partial charge on any atom is -0.350 e. The van der Waals surface area contributed by atoms with Gasteiger partial charge in [0.25, 0.3) is 11.8 Å². The van der Waals surface area contributed by atoms with Gasteiger partial charge < -0.3 is 10.2 Å². The fourth-order valence-electron chi connectivity index (χ4n) is 3.32. The molecule has 7 nitrogen and oxygen atoms in total. The van der Waals surface area contributed by atoms with Crippen LogP contribution in [0.1, 0.15) is 28.2 Å². The van der Waals surface area contributed by atoms with Crippen molar-refractivity contribution in [2.24, 2.45) is 0 Å². The highest BCUT2D eigenvalue weighted by Gasteiger charge is 2.46. The highest BCUT2D eigenvalue weighted by Crippen LogP contribution is 2.32. The molecule has 0 spiro atoms. The third-order valence-electron chi connectivity index (χ3n) is 4.51. The van der Waals surface area contributed by atoms with Crippen LogP contribution in [-0.4, -0.2) is 56.4 Å². The zero-order valence-electron chi connectivity index (χ0n) is 14.5. The van der Waals surface area contributed by atoms with E-state index >= 15 is 0 Å². The summed E-state index contributed by atoms with van der Waals surface area (Å²) in [5.41, 5.74) is 2.08. The summed E-state index contributed by atoms with van der Waals surface area (Å²) in [6.45, 7) is 6.02. The molecule has 3 rings (SSSR count). The number of rotatable bonds is 4. The lowest BCUT2D eigenvalue weighted by atomic mass is 10.1. The normalized spacial score (nSPS) is 18.9. The summed E-state index contributed by atoms with van der Waals surface area (Å²) in [6.07, 6.45) is 2.08. The number of aryl methyl sites for hydroxylation is 2. The van der Waals surface area contributed by atoms with Gasteiger partial charge in [0.15, 0.2) is 5.65 Å². The summed E-state index contributed by atoms with van der Waals surface area (Å²) in [5, 5.41) is 6.76. The number of fused-ring (bicyclic) bond motifs is 1. The molecule has 0 radical (unpaired) electrons. The summed E-state index contributed by atoms with van der Waals surface area (Å²) < 4.78 is 28.9. The molecule has 1 N–H and O–H groups in total. The van der Waals surface area contributed by atoms with Crippen molar-refractivity contribution in [3.8, 4) is 0 Å². The lowest BCUT2D eigenvalue weighted by Crippen LogP contribution is -2.43. The number of hydrogen-bond donors (Lipinski definition) is 1. The molecule has 1 saturated heterocycles. The van der Waals surface area contributed by atoms with E-state index in [1.807, 2.05) is 0 Å². The van der Waals surface area contributed by atoms with Gasteiger partial charge in [0, 0.05) is 19.0 Å². The van der Waals surface area contributed by atoms with Crippen LogP contribution in [0.2, 0.25) is 0 Å². The van der Waals surface area contributed by atoms with Crippen LogP contribution in [-0.2, 0) is 4.79 Å². The predicted molar refractivity (Wildman–Crippen MR) is 90.1 cm³/mol. The number of aromatic nitrogens is 3. The number of carbonyl (C=O) groups is 2. The van der Waals surface area contributed by atoms with Crippen molar-refractivity contribution in [3.05, 3.63) is 41.9 Å². The zero-order chi connectivity index (χ0) is 19.1. The average molecular weight is 363 g/mol. The molecule has 3 heterocycles. The molecule has 1 aliphatic rings. The van der Waals surface area contributed by atoms with Gasteiger partial charge in [-0.2, -0.15) is 5.10 Å². The molecule has 138 valence electrons. The molecular weight excluding hydrogens is 344 g/mol. The van der Waals surface area contributed by atoms with E-state index in [4.69, 9.17) is 0 Å². The second kappa shape index (κ2) is 6.47. The van der Waals surface area contributed by atoms with Crippen molar-refractivity contribution in [3.63, 3.8) is 0 Å². The Morgan fingerprint density at radius 2 is 2.19 bits per heavy atom. The topological polar surface area (TPSA) is 79.6 Å². The van der Waals surface area contributed by atoms with Crippen molar-refractivity contribution < 1.29 is 18.4 Å². The maximum absolute atomic E-state index is 13.7. The quantitative estimate of drug-likeness (QED) is 0.835. The van der Waals surface area contributed by atoms with Crippen molar-refractivity contribution in [1.82, 2.24) is 24.8 Å². The lowest BCUT2D eigenvalue weighted by molar-refractivity contribution is -0.127. The van der Waals surface area contributed by atoms with Crippen LogP contribution in [0, 0.1) is 13.8 Å². The molecule has 2 aromatic heterocycles. The molecule has 1 atom stereocenters. The SMILES string of the molecule is C=CC(=O)N1CC(F)(F)C[C@H]1CNC(=O)c1c(C)nc2ccnn2c1C. The summed E-state index contributed by atoms with van der Waals surface area (Å²) in [6, 6.07) is 0.933. The molecule has 9 heteroatoms. The van der Waals surface area contributed by atoms with Crippen LogP contribution in [0.25, 0.3) is 5.65 Å². The number of nitrogens with one attached hydrogen (secondary N) is 1. The van der Waals surface area contributed by atoms with Gasteiger partial charge in [-0.25, -0.2) is 18.3 Å². The van der Waals surface area contributed by atoms with Crippen LogP contribution >= 0.6 is 0 Å². The number of halogens is 2. The van der Waals surface area contributed by atoms with Gasteiger partial charge in [-0.15, -0.1) is 0 Å². The Morgan fingerprint density at radius 3 is 2.88 bits per heavy atom. The molecule has 0 unspecified atom stereocenters. The molecule has 2 aromatic rings. The van der Waals surface area contributed by atoms with E-state index in [1.54, 1.807) is 30.6 Å². The average Bonchev–Trinajstić information content (AvgIpc) is 3.15. The van der Waals surface area contributed by atoms with E-state index in [0.717, 1.165) is 11.0 Å². The Morgan fingerprint density at radius 1 is 1.46 bits per heavy atom. The van der Waals surface area contributed by atoms with Gasteiger partial charge >= 0.3 is 0 Å². The van der Waals surface area contributed by atoms with E-state index in [0.29, 0.717) is 22.6 Å². The number of amides is 2. The van der Waals surface area contributed by atoms with Gasteiger partial charge in [0.05, 0.1) is 35.7 Å². The second-order valence-corrected chi connectivity index (χ2v) is 6.35. The first kappa shape index (κ1) is 18.0. The summed E-state index contributed by atoms with van der Waals surface area (Å²) >= 11 is 0. The minimum atomic E-state index is -2.98. The molecule has 26 heavy (non-hydrogen) atoms. The summed E-state index contributed by atoms with van der Waals surface area (Å²) in [5.74, 6) is -3.99. The number of carbonyl (C=O) groups excluding carboxylic acids is 2. The zero-order valence-corrected chi connectivity index (χ0v) is 14.5. The summed E-state index contributed by atoms with van der Waals surface area (Å²) in [4.78, 5) is 29.8. The van der Waals surface area contributed by atoms with Crippen LogP contribution in [0.15, 0.2) is 24.9 Å². The lowest BCUT2D eigenvalue weighted by Gasteiger charge is -2.23. The fraction of sp³-hybridized carbons (Fsp3) is 0.412. The number of likely N-dealkylation sites (tertiary alicyclic amines) is 1. The number of nitrogens with zero attached hydrogens (tertiary/aromatic N) is 4. The van der Waals surface area contributed by atoms with Gasteiger partial charge in [0.1, 0.15) is 0 Å². The second-order valence-electron chi connectivity index (χ2n) is 6.35. The van der Waals surface area contributed by atoms with Crippen LogP contribution < -0.4 is 5.32 Å². The Hall–Kier alpha value is -2.84. The first-order valence-corrected chi connectivity index (χ1v) is 8.13. The van der Waals surface area contributed by atoms with E-state index in [9.17, 15) is 18.4 Å². The highest BCUT2D eigenvalue weighted by atomic mass is 19.3. The minimum absolute atomic E-state index is 0.0793. The molecular formula is C17H19F2N5O2. The van der Waals surface area contributed by atoms with E-state index in [2.05, 4.69) is 22.0 Å². The Kier molecular flexibility index (Phi) is 4.47. The Bertz CT molecular complexity index is 893. The van der Waals surface area contributed by atoms with Crippen LogP contribution in [0.3, 0.4) is 0 Å². The Labute approximate surface area is 148 Å².